The lowest BCUT2D eigenvalue weighted by Crippen LogP contribution is -2.41. The molecule has 0 aromatic heterocycles. The van der Waals surface area contributed by atoms with Crippen LogP contribution in [-0.2, 0) is 16.0 Å². The number of carbonyl (C=O) groups is 2. The molecular weight excluding hydrogens is 368 g/mol. The Bertz CT molecular complexity index is 933. The molecule has 6 nitrogen and oxygen atoms in total. The zero-order chi connectivity index (χ0) is 20.8. The Morgan fingerprint density at radius 3 is 2.31 bits per heavy atom. The molecule has 29 heavy (non-hydrogen) atoms. The number of benzene rings is 2. The van der Waals surface area contributed by atoms with E-state index in [1.165, 1.54) is 6.08 Å². The van der Waals surface area contributed by atoms with Crippen molar-refractivity contribution in [1.82, 2.24) is 10.2 Å². The summed E-state index contributed by atoms with van der Waals surface area (Å²) in [5, 5.41) is 21.7. The number of carboxylic acids is 1. The van der Waals surface area contributed by atoms with Gasteiger partial charge in [0.05, 0.1) is 13.0 Å². The van der Waals surface area contributed by atoms with Crippen molar-refractivity contribution in [3.05, 3.63) is 83.8 Å². The van der Waals surface area contributed by atoms with E-state index in [0.29, 0.717) is 12.0 Å². The fourth-order valence-corrected chi connectivity index (χ4v) is 3.25. The van der Waals surface area contributed by atoms with Gasteiger partial charge in [-0.15, -0.1) is 0 Å². The summed E-state index contributed by atoms with van der Waals surface area (Å²) in [6.45, 7) is 0.264. The van der Waals surface area contributed by atoms with Crippen LogP contribution in [0, 0.1) is 0 Å². The highest BCUT2D eigenvalue weighted by Gasteiger charge is 2.21. The summed E-state index contributed by atoms with van der Waals surface area (Å²) in [5.41, 5.74) is 3.61. The molecule has 0 aliphatic carbocycles. The zero-order valence-electron chi connectivity index (χ0n) is 16.2. The topological polar surface area (TPSA) is 89.9 Å². The molecule has 3 N–H and O–H groups in total. The summed E-state index contributed by atoms with van der Waals surface area (Å²) in [6.07, 6.45) is 3.25. The van der Waals surface area contributed by atoms with Gasteiger partial charge in [-0.2, -0.15) is 0 Å². The molecule has 0 fully saturated rings. The van der Waals surface area contributed by atoms with Crippen molar-refractivity contribution in [3.8, 4) is 11.1 Å². The van der Waals surface area contributed by atoms with Crippen LogP contribution < -0.4 is 5.32 Å². The van der Waals surface area contributed by atoms with Crippen LogP contribution in [0.4, 0.5) is 0 Å². The number of aliphatic hydroxyl groups excluding tert-OH is 1. The molecule has 0 radical (unpaired) electrons. The van der Waals surface area contributed by atoms with E-state index in [4.69, 9.17) is 0 Å². The highest BCUT2D eigenvalue weighted by Crippen LogP contribution is 2.20. The number of carboxylic acid groups (broad SMARTS) is 1. The van der Waals surface area contributed by atoms with E-state index in [1.54, 1.807) is 18.0 Å². The van der Waals surface area contributed by atoms with Gasteiger partial charge < -0.3 is 20.4 Å². The molecule has 1 atom stereocenters. The van der Waals surface area contributed by atoms with Crippen LogP contribution in [0.3, 0.4) is 0 Å². The number of allylic oxidation sites excluding steroid dienone is 2. The standard InChI is InChI=1S/C23H24N2O4/c1-25-15-19(11-12-21(25)26)23(29)24-20(14-22(27)28)13-16-7-9-18(10-8-16)17-5-3-2-4-6-17/h2-12,20,26H,13-15H2,1H3,(H,24,29)(H,27,28)/t20-/m1/s1. The summed E-state index contributed by atoms with van der Waals surface area (Å²) in [4.78, 5) is 25.4. The van der Waals surface area contributed by atoms with Gasteiger partial charge in [-0.1, -0.05) is 54.6 Å². The first kappa shape index (κ1) is 20.2. The van der Waals surface area contributed by atoms with E-state index >= 15 is 0 Å². The van der Waals surface area contributed by atoms with Crippen LogP contribution in [-0.4, -0.2) is 46.6 Å². The van der Waals surface area contributed by atoms with Crippen molar-refractivity contribution in [3.63, 3.8) is 0 Å². The van der Waals surface area contributed by atoms with Crippen molar-refractivity contribution in [1.29, 1.82) is 0 Å². The van der Waals surface area contributed by atoms with Gasteiger partial charge in [0.1, 0.15) is 0 Å². The molecule has 0 saturated carbocycles. The zero-order valence-corrected chi connectivity index (χ0v) is 16.2. The smallest absolute Gasteiger partial charge is 0.305 e. The van der Waals surface area contributed by atoms with Crippen LogP contribution >= 0.6 is 0 Å². The van der Waals surface area contributed by atoms with Crippen molar-refractivity contribution in [2.75, 3.05) is 13.6 Å². The first-order valence-corrected chi connectivity index (χ1v) is 9.40. The van der Waals surface area contributed by atoms with Crippen LogP contribution in [0.2, 0.25) is 0 Å². The van der Waals surface area contributed by atoms with Gasteiger partial charge in [0.2, 0.25) is 5.91 Å². The van der Waals surface area contributed by atoms with Crippen molar-refractivity contribution >= 4 is 11.9 Å². The van der Waals surface area contributed by atoms with E-state index in [9.17, 15) is 19.8 Å². The predicted octanol–water partition coefficient (Wildman–Crippen LogP) is 3.13. The average molecular weight is 392 g/mol. The van der Waals surface area contributed by atoms with E-state index in [1.807, 2.05) is 54.6 Å². The normalized spacial score (nSPS) is 14.6. The number of nitrogens with one attached hydrogen (secondary N) is 1. The molecule has 2 aromatic rings. The summed E-state index contributed by atoms with van der Waals surface area (Å²) in [7, 11) is 1.68. The minimum Gasteiger partial charge on any atom is -0.495 e. The van der Waals surface area contributed by atoms with E-state index in [2.05, 4.69) is 5.32 Å². The van der Waals surface area contributed by atoms with Gasteiger partial charge in [0.15, 0.2) is 5.88 Å². The molecule has 3 rings (SSSR count). The fraction of sp³-hybridized carbons (Fsp3) is 0.217. The third-order valence-electron chi connectivity index (χ3n) is 4.82. The Morgan fingerprint density at radius 2 is 1.69 bits per heavy atom. The van der Waals surface area contributed by atoms with Gasteiger partial charge >= 0.3 is 5.97 Å². The van der Waals surface area contributed by atoms with Crippen LogP contribution in [0.5, 0.6) is 0 Å². The average Bonchev–Trinajstić information content (AvgIpc) is 2.70. The highest BCUT2D eigenvalue weighted by atomic mass is 16.4. The van der Waals surface area contributed by atoms with Crippen LogP contribution in [0.25, 0.3) is 11.1 Å². The Labute approximate surface area is 169 Å². The maximum absolute atomic E-state index is 12.6. The quantitative estimate of drug-likeness (QED) is 0.674. The van der Waals surface area contributed by atoms with Crippen molar-refractivity contribution in [2.45, 2.75) is 18.9 Å². The van der Waals surface area contributed by atoms with E-state index < -0.39 is 12.0 Å². The number of carbonyl (C=O) groups excluding carboxylic acids is 1. The third-order valence-corrected chi connectivity index (χ3v) is 4.82. The maximum atomic E-state index is 12.6. The SMILES string of the molecule is CN1CC(C(=O)N[C@@H](CC(=O)O)Cc2ccc(-c3ccccc3)cc2)=CC=C1O. The molecule has 2 aromatic carbocycles. The van der Waals surface area contributed by atoms with Gasteiger partial charge in [-0.05, 0) is 35.3 Å². The van der Waals surface area contributed by atoms with Gasteiger partial charge in [0, 0.05) is 18.7 Å². The molecule has 150 valence electrons. The predicted molar refractivity (Wildman–Crippen MR) is 111 cm³/mol. The Morgan fingerprint density at radius 1 is 1.03 bits per heavy atom. The van der Waals surface area contributed by atoms with Crippen LogP contribution in [0.15, 0.2) is 78.2 Å². The minimum atomic E-state index is -0.969. The minimum absolute atomic E-state index is 0.0853. The maximum Gasteiger partial charge on any atom is 0.305 e. The Hall–Kier alpha value is -3.54. The van der Waals surface area contributed by atoms with Gasteiger partial charge in [-0.3, -0.25) is 9.59 Å². The molecule has 0 spiro atoms. The summed E-state index contributed by atoms with van der Waals surface area (Å²) >= 11 is 0. The van der Waals surface area contributed by atoms with Gasteiger partial charge in [-0.25, -0.2) is 0 Å². The molecule has 6 heteroatoms. The van der Waals surface area contributed by atoms with Crippen molar-refractivity contribution in [2.24, 2.45) is 0 Å². The number of nitrogens with zero attached hydrogens (tertiary/aromatic N) is 1. The van der Waals surface area contributed by atoms with E-state index in [-0.39, 0.29) is 24.8 Å². The monoisotopic (exact) mass is 392 g/mol. The Kier molecular flexibility index (Phi) is 6.34. The molecule has 1 heterocycles. The number of hydrogen-bond donors (Lipinski definition) is 3. The molecule has 0 unspecified atom stereocenters. The second kappa shape index (κ2) is 9.10. The summed E-state index contributed by atoms with van der Waals surface area (Å²) in [5.74, 6) is -1.21. The first-order chi connectivity index (χ1) is 13.9. The lowest BCUT2D eigenvalue weighted by atomic mass is 9.99. The molecule has 0 saturated heterocycles. The second-order valence-electron chi connectivity index (χ2n) is 7.11. The van der Waals surface area contributed by atoms with E-state index in [0.717, 1.165) is 16.7 Å². The number of likely N-dealkylation sites (N-methyl/N-ethyl adjacent to an activating group) is 1. The number of aliphatic carboxylic acids is 1. The fourth-order valence-electron chi connectivity index (χ4n) is 3.25. The lowest BCUT2D eigenvalue weighted by Gasteiger charge is -2.24. The molecule has 1 amide bonds. The molecule has 1 aliphatic heterocycles. The third kappa shape index (κ3) is 5.48. The molecular formula is C23H24N2O4. The van der Waals surface area contributed by atoms with Gasteiger partial charge in [0.25, 0.3) is 0 Å². The Balaban J connectivity index is 1.69. The molecule has 1 aliphatic rings. The lowest BCUT2D eigenvalue weighted by molar-refractivity contribution is -0.137. The second-order valence-corrected chi connectivity index (χ2v) is 7.11. The highest BCUT2D eigenvalue weighted by molar-refractivity contribution is 5.94. The number of amides is 1. The summed E-state index contributed by atoms with van der Waals surface area (Å²) in [6, 6.07) is 17.4. The summed E-state index contributed by atoms with van der Waals surface area (Å²) < 4.78 is 0. The number of aliphatic hydroxyl groups is 1. The van der Waals surface area contributed by atoms with Crippen molar-refractivity contribution < 1.29 is 19.8 Å². The first-order valence-electron chi connectivity index (χ1n) is 9.40. The van der Waals surface area contributed by atoms with Crippen LogP contribution in [0.1, 0.15) is 12.0 Å². The molecule has 0 bridgehead atoms. The number of rotatable bonds is 7. The largest absolute Gasteiger partial charge is 0.495 e. The number of hydrogen-bond acceptors (Lipinski definition) is 4.